The molecule has 0 aliphatic heterocycles. The molecule has 1 aromatic rings. The van der Waals surface area contributed by atoms with Crippen molar-refractivity contribution in [2.75, 3.05) is 0 Å². The van der Waals surface area contributed by atoms with Gasteiger partial charge in [-0.1, -0.05) is 29.8 Å². The number of carbonyl (C=O) groups is 1. The Labute approximate surface area is 84.5 Å². The second kappa shape index (κ2) is 3.79. The van der Waals surface area contributed by atoms with Crippen LogP contribution in [0.25, 0.3) is 6.08 Å². The van der Waals surface area contributed by atoms with Gasteiger partial charge in [-0.15, -0.1) is 0 Å². The van der Waals surface area contributed by atoms with E-state index in [0.717, 1.165) is 17.4 Å². The molecular formula is C13H14O. The zero-order valence-electron chi connectivity index (χ0n) is 8.36. The summed E-state index contributed by atoms with van der Waals surface area (Å²) in [4.78, 5) is 10.8. The maximum atomic E-state index is 10.8. The first-order valence-corrected chi connectivity index (χ1v) is 5.03. The number of allylic oxidation sites excluding steroid dienone is 1. The van der Waals surface area contributed by atoms with Crippen LogP contribution in [0.2, 0.25) is 0 Å². The van der Waals surface area contributed by atoms with Gasteiger partial charge in [-0.2, -0.15) is 0 Å². The lowest BCUT2D eigenvalue weighted by Gasteiger charge is -1.97. The molecule has 2 rings (SSSR count). The van der Waals surface area contributed by atoms with Crippen molar-refractivity contribution in [3.8, 4) is 0 Å². The van der Waals surface area contributed by atoms with Crippen LogP contribution in [0.3, 0.4) is 0 Å². The van der Waals surface area contributed by atoms with Gasteiger partial charge in [0.2, 0.25) is 0 Å². The third-order valence-electron chi connectivity index (χ3n) is 2.60. The van der Waals surface area contributed by atoms with Crippen LogP contribution < -0.4 is 0 Å². The van der Waals surface area contributed by atoms with Gasteiger partial charge in [0.05, 0.1) is 0 Å². The van der Waals surface area contributed by atoms with Crippen molar-refractivity contribution in [1.82, 2.24) is 0 Å². The molecular weight excluding hydrogens is 172 g/mol. The highest BCUT2D eigenvalue weighted by Crippen LogP contribution is 2.36. The molecule has 1 saturated carbocycles. The van der Waals surface area contributed by atoms with E-state index >= 15 is 0 Å². The molecule has 0 heterocycles. The molecule has 0 saturated heterocycles. The minimum absolute atomic E-state index is 0.536. The summed E-state index contributed by atoms with van der Waals surface area (Å²) in [5.41, 5.74) is 3.33. The quantitative estimate of drug-likeness (QED) is 0.524. The van der Waals surface area contributed by atoms with Gasteiger partial charge in [-0.05, 0) is 42.9 Å². The second-order valence-corrected chi connectivity index (χ2v) is 3.95. The van der Waals surface area contributed by atoms with E-state index in [1.54, 1.807) is 0 Å². The molecule has 1 nitrogen and oxygen atoms in total. The lowest BCUT2D eigenvalue weighted by Crippen LogP contribution is -1.87. The number of carbonyl (C=O) groups excluding carboxylic acids is 1. The van der Waals surface area contributed by atoms with Gasteiger partial charge in [0.15, 0.2) is 0 Å². The molecule has 0 radical (unpaired) electrons. The maximum Gasteiger partial charge on any atom is 0.146 e. The normalized spacial score (nSPS) is 16.8. The van der Waals surface area contributed by atoms with E-state index in [-0.39, 0.29) is 0 Å². The Balaban J connectivity index is 2.21. The number of rotatable bonds is 3. The molecule has 1 aromatic carbocycles. The summed E-state index contributed by atoms with van der Waals surface area (Å²) in [5.74, 6) is 0.536. The number of hydrogen-bond donors (Lipinski definition) is 0. The fourth-order valence-electron chi connectivity index (χ4n) is 1.52. The van der Waals surface area contributed by atoms with Gasteiger partial charge in [0, 0.05) is 0 Å². The first-order chi connectivity index (χ1) is 6.79. The molecule has 0 aromatic heterocycles. The van der Waals surface area contributed by atoms with Gasteiger partial charge in [-0.25, -0.2) is 0 Å². The lowest BCUT2D eigenvalue weighted by molar-refractivity contribution is -0.105. The Hall–Kier alpha value is -1.37. The van der Waals surface area contributed by atoms with Crippen molar-refractivity contribution < 1.29 is 4.79 Å². The van der Waals surface area contributed by atoms with Crippen molar-refractivity contribution >= 4 is 12.4 Å². The number of aldehydes is 1. The van der Waals surface area contributed by atoms with Gasteiger partial charge < -0.3 is 0 Å². The first kappa shape index (κ1) is 9.20. The molecule has 0 unspecified atom stereocenters. The van der Waals surface area contributed by atoms with E-state index in [9.17, 15) is 4.79 Å². The third-order valence-corrected chi connectivity index (χ3v) is 2.60. The first-order valence-electron chi connectivity index (χ1n) is 5.03. The minimum atomic E-state index is 0.536. The van der Waals surface area contributed by atoms with Crippen LogP contribution in [0.5, 0.6) is 0 Å². The molecule has 72 valence electrons. The van der Waals surface area contributed by atoms with Gasteiger partial charge in [-0.3, -0.25) is 4.79 Å². The fourth-order valence-corrected chi connectivity index (χ4v) is 1.52. The Kier molecular flexibility index (Phi) is 2.49. The predicted octanol–water partition coefficient (Wildman–Crippen LogP) is 2.99. The van der Waals surface area contributed by atoms with Gasteiger partial charge in [0.1, 0.15) is 6.29 Å². The van der Waals surface area contributed by atoms with E-state index in [1.165, 1.54) is 18.4 Å². The second-order valence-electron chi connectivity index (χ2n) is 3.95. The Morgan fingerprint density at radius 2 is 1.93 bits per heavy atom. The zero-order valence-corrected chi connectivity index (χ0v) is 8.36. The van der Waals surface area contributed by atoms with Crippen molar-refractivity contribution in [2.24, 2.45) is 5.92 Å². The van der Waals surface area contributed by atoms with Crippen LogP contribution >= 0.6 is 0 Å². The molecule has 0 atom stereocenters. The third kappa shape index (κ3) is 2.11. The van der Waals surface area contributed by atoms with Crippen molar-refractivity contribution in [2.45, 2.75) is 19.8 Å². The highest BCUT2D eigenvalue weighted by molar-refractivity contribution is 5.83. The average molecular weight is 186 g/mol. The van der Waals surface area contributed by atoms with E-state index in [0.29, 0.717) is 5.92 Å². The van der Waals surface area contributed by atoms with E-state index in [4.69, 9.17) is 0 Å². The summed E-state index contributed by atoms with van der Waals surface area (Å²) < 4.78 is 0. The van der Waals surface area contributed by atoms with Crippen molar-refractivity contribution in [1.29, 1.82) is 0 Å². The van der Waals surface area contributed by atoms with Crippen molar-refractivity contribution in [3.63, 3.8) is 0 Å². The molecule has 0 N–H and O–H groups in total. The lowest BCUT2D eigenvalue weighted by atomic mass is 10.1. The monoisotopic (exact) mass is 186 g/mol. The SMILES string of the molecule is Cc1ccc(/C=C(\C=O)C2CC2)cc1. The topological polar surface area (TPSA) is 17.1 Å². The fraction of sp³-hybridized carbons (Fsp3) is 0.308. The molecule has 0 amide bonds. The average Bonchev–Trinajstić information content (AvgIpc) is 3.01. The van der Waals surface area contributed by atoms with Crippen LogP contribution in [0, 0.1) is 12.8 Å². The largest absolute Gasteiger partial charge is 0.298 e. The summed E-state index contributed by atoms with van der Waals surface area (Å²) in [5, 5.41) is 0. The number of hydrogen-bond acceptors (Lipinski definition) is 1. The van der Waals surface area contributed by atoms with Crippen LogP contribution in [0.15, 0.2) is 29.8 Å². The van der Waals surface area contributed by atoms with Crippen LogP contribution in [-0.2, 0) is 4.79 Å². The highest BCUT2D eigenvalue weighted by Gasteiger charge is 2.25. The summed E-state index contributed by atoms with van der Waals surface area (Å²) in [7, 11) is 0. The summed E-state index contributed by atoms with van der Waals surface area (Å²) in [6.07, 6.45) is 5.36. The molecule has 1 heteroatoms. The minimum Gasteiger partial charge on any atom is -0.298 e. The smallest absolute Gasteiger partial charge is 0.146 e. The van der Waals surface area contributed by atoms with Crippen LogP contribution in [-0.4, -0.2) is 6.29 Å². The Bertz CT molecular complexity index is 355. The van der Waals surface area contributed by atoms with Crippen LogP contribution in [0.4, 0.5) is 0 Å². The Morgan fingerprint density at radius 3 is 2.43 bits per heavy atom. The summed E-state index contributed by atoms with van der Waals surface area (Å²) >= 11 is 0. The maximum absolute atomic E-state index is 10.8. The molecule has 1 aliphatic rings. The molecule has 14 heavy (non-hydrogen) atoms. The zero-order chi connectivity index (χ0) is 9.97. The Morgan fingerprint density at radius 1 is 1.29 bits per heavy atom. The van der Waals surface area contributed by atoms with Crippen molar-refractivity contribution in [3.05, 3.63) is 41.0 Å². The molecule has 0 bridgehead atoms. The van der Waals surface area contributed by atoms with Gasteiger partial charge in [0.25, 0.3) is 0 Å². The van der Waals surface area contributed by atoms with Crippen LogP contribution in [0.1, 0.15) is 24.0 Å². The summed E-state index contributed by atoms with van der Waals surface area (Å²) in [6, 6.07) is 8.25. The highest BCUT2D eigenvalue weighted by atomic mass is 16.1. The summed E-state index contributed by atoms with van der Waals surface area (Å²) in [6.45, 7) is 2.06. The van der Waals surface area contributed by atoms with E-state index in [2.05, 4.69) is 31.2 Å². The van der Waals surface area contributed by atoms with Gasteiger partial charge >= 0.3 is 0 Å². The standard InChI is InChI=1S/C13H14O/c1-10-2-4-11(5-3-10)8-13(9-14)12-6-7-12/h2-5,8-9,12H,6-7H2,1H3/b13-8+. The van der Waals surface area contributed by atoms with E-state index in [1.807, 2.05) is 6.08 Å². The molecule has 1 aliphatic carbocycles. The number of benzene rings is 1. The predicted molar refractivity (Wildman–Crippen MR) is 57.9 cm³/mol. The molecule has 0 spiro atoms. The van der Waals surface area contributed by atoms with E-state index < -0.39 is 0 Å². The molecule has 1 fully saturated rings. The number of aryl methyl sites for hydroxylation is 1.